The quantitative estimate of drug-likeness (QED) is 0.543. The zero-order valence-electron chi connectivity index (χ0n) is 20.0. The molecule has 1 aliphatic carbocycles. The predicted octanol–water partition coefficient (Wildman–Crippen LogP) is 2.55. The van der Waals surface area contributed by atoms with Gasteiger partial charge in [0, 0.05) is 24.8 Å². The lowest BCUT2D eigenvalue weighted by molar-refractivity contribution is -0.138. The van der Waals surface area contributed by atoms with Crippen LogP contribution in [0.15, 0.2) is 29.3 Å². The van der Waals surface area contributed by atoms with Crippen LogP contribution in [0.1, 0.15) is 49.7 Å². The molecule has 0 spiro atoms. The first-order chi connectivity index (χ1) is 17.7. The molecule has 2 aliphatic rings. The lowest BCUT2D eigenvalue weighted by Gasteiger charge is -2.29. The number of H-pyrrole nitrogens is 1. The molecule has 0 aromatic carbocycles. The molecule has 0 unspecified atom stereocenters. The lowest BCUT2D eigenvalue weighted by Crippen LogP contribution is -2.42. The molecule has 198 valence electrons. The minimum Gasteiger partial charge on any atom is -0.474 e. The third-order valence-electron chi connectivity index (χ3n) is 6.54. The van der Waals surface area contributed by atoms with E-state index in [2.05, 4.69) is 15.4 Å². The number of nitrogens with zero attached hydrogens (tertiary/aromatic N) is 4. The zero-order valence-corrected chi connectivity index (χ0v) is 20.0. The number of nitrogens with one attached hydrogen (secondary N) is 2. The second-order valence-electron chi connectivity index (χ2n) is 9.12. The summed E-state index contributed by atoms with van der Waals surface area (Å²) in [7, 11) is 0. The van der Waals surface area contributed by atoms with Crippen LogP contribution in [-0.2, 0) is 15.7 Å². The van der Waals surface area contributed by atoms with E-state index >= 15 is 0 Å². The highest BCUT2D eigenvalue weighted by atomic mass is 19.4. The number of anilines is 1. The maximum Gasteiger partial charge on any atom is 0.423 e. The van der Waals surface area contributed by atoms with E-state index in [9.17, 15) is 22.8 Å². The Kier molecular flexibility index (Phi) is 8.27. The number of nitriles is 1. The average Bonchev–Trinajstić information content (AvgIpc) is 3.33. The summed E-state index contributed by atoms with van der Waals surface area (Å²) >= 11 is 0. The van der Waals surface area contributed by atoms with E-state index < -0.39 is 23.3 Å². The van der Waals surface area contributed by atoms with Crippen LogP contribution < -0.4 is 20.5 Å². The molecular formula is C24H27F3N6O4. The number of halogens is 3. The highest BCUT2D eigenvalue weighted by Gasteiger charge is 2.40. The van der Waals surface area contributed by atoms with E-state index in [1.807, 2.05) is 11.2 Å². The predicted molar refractivity (Wildman–Crippen MR) is 125 cm³/mol. The Bertz CT molecular complexity index is 1170. The summed E-state index contributed by atoms with van der Waals surface area (Å²) in [6, 6.07) is 4.88. The van der Waals surface area contributed by atoms with E-state index in [1.54, 1.807) is 12.1 Å². The Labute approximate surface area is 210 Å². The van der Waals surface area contributed by atoms with Gasteiger partial charge in [0.1, 0.15) is 24.3 Å². The number of rotatable bonds is 8. The maximum absolute atomic E-state index is 13.5. The molecule has 0 bridgehead atoms. The van der Waals surface area contributed by atoms with E-state index in [1.165, 1.54) is 11.1 Å². The number of carbonyl (C=O) groups is 1. The van der Waals surface area contributed by atoms with Gasteiger partial charge in [0.25, 0.3) is 5.56 Å². The second kappa shape index (κ2) is 11.6. The fourth-order valence-corrected chi connectivity index (χ4v) is 4.78. The molecule has 10 nitrogen and oxygen atoms in total. The number of amides is 1. The van der Waals surface area contributed by atoms with E-state index in [0.717, 1.165) is 31.9 Å². The SMILES string of the molecule is N#Cc1ccc(OC2CCC(NC(=O)COC[C@@H]3CCCN3c3cn[nH]c(=O)c3C(F)(F)F)CC2)nc1. The molecule has 2 aromatic rings. The van der Waals surface area contributed by atoms with Crippen molar-refractivity contribution in [1.29, 1.82) is 5.26 Å². The van der Waals surface area contributed by atoms with Crippen LogP contribution in [0.3, 0.4) is 0 Å². The van der Waals surface area contributed by atoms with Crippen molar-refractivity contribution in [2.75, 3.05) is 24.7 Å². The largest absolute Gasteiger partial charge is 0.474 e. The molecule has 37 heavy (non-hydrogen) atoms. The van der Waals surface area contributed by atoms with Crippen molar-refractivity contribution in [2.24, 2.45) is 0 Å². The van der Waals surface area contributed by atoms with Crippen LogP contribution >= 0.6 is 0 Å². The molecule has 4 rings (SSSR count). The molecule has 2 N–H and O–H groups in total. The topological polar surface area (TPSA) is 133 Å². The van der Waals surface area contributed by atoms with Gasteiger partial charge in [-0.3, -0.25) is 9.59 Å². The number of hydrogen-bond acceptors (Lipinski definition) is 8. The van der Waals surface area contributed by atoms with Crippen molar-refractivity contribution in [3.63, 3.8) is 0 Å². The van der Waals surface area contributed by atoms with Gasteiger partial charge < -0.3 is 19.7 Å². The summed E-state index contributed by atoms with van der Waals surface area (Å²) in [5.41, 5.74) is -2.38. The molecule has 2 fully saturated rings. The van der Waals surface area contributed by atoms with E-state index in [-0.39, 0.29) is 37.0 Å². The average molecular weight is 521 g/mol. The molecule has 3 heterocycles. The number of aromatic nitrogens is 3. The number of aromatic amines is 1. The fourth-order valence-electron chi connectivity index (χ4n) is 4.78. The number of pyridine rings is 1. The van der Waals surface area contributed by atoms with Crippen LogP contribution in [0.5, 0.6) is 5.88 Å². The minimum atomic E-state index is -4.82. The first-order valence-corrected chi connectivity index (χ1v) is 12.1. The highest BCUT2D eigenvalue weighted by molar-refractivity contribution is 5.77. The second-order valence-corrected chi connectivity index (χ2v) is 9.12. The van der Waals surface area contributed by atoms with Crippen LogP contribution in [0.4, 0.5) is 18.9 Å². The van der Waals surface area contributed by atoms with Crippen molar-refractivity contribution in [2.45, 2.75) is 62.9 Å². The van der Waals surface area contributed by atoms with E-state index in [0.29, 0.717) is 30.8 Å². The molecule has 1 amide bonds. The van der Waals surface area contributed by atoms with Gasteiger partial charge in [0.05, 0.1) is 30.1 Å². The summed E-state index contributed by atoms with van der Waals surface area (Å²) in [5, 5.41) is 17.2. The third-order valence-corrected chi connectivity index (χ3v) is 6.54. The summed E-state index contributed by atoms with van der Waals surface area (Å²) in [6.07, 6.45) is 1.73. The Morgan fingerprint density at radius 1 is 1.22 bits per heavy atom. The molecule has 0 radical (unpaired) electrons. The Morgan fingerprint density at radius 2 is 2.00 bits per heavy atom. The molecule has 13 heteroatoms. The lowest BCUT2D eigenvalue weighted by atomic mass is 9.93. The van der Waals surface area contributed by atoms with Gasteiger partial charge in [-0.25, -0.2) is 10.1 Å². The summed E-state index contributed by atoms with van der Waals surface area (Å²) in [5.74, 6) is 0.163. The molecule has 1 saturated carbocycles. The monoisotopic (exact) mass is 520 g/mol. The summed E-state index contributed by atoms with van der Waals surface area (Å²) < 4.78 is 51.8. The van der Waals surface area contributed by atoms with Crippen LogP contribution in [0.25, 0.3) is 0 Å². The van der Waals surface area contributed by atoms with Gasteiger partial charge in [-0.2, -0.15) is 23.5 Å². The van der Waals surface area contributed by atoms with Crippen LogP contribution in [0, 0.1) is 11.3 Å². The van der Waals surface area contributed by atoms with Crippen LogP contribution in [-0.4, -0.2) is 59.0 Å². The van der Waals surface area contributed by atoms with Gasteiger partial charge in [-0.15, -0.1) is 0 Å². The van der Waals surface area contributed by atoms with E-state index in [4.69, 9.17) is 14.7 Å². The Hall–Kier alpha value is -3.66. The van der Waals surface area contributed by atoms with Gasteiger partial charge >= 0.3 is 6.18 Å². The van der Waals surface area contributed by atoms with Gasteiger partial charge in [-0.1, -0.05) is 0 Å². The molecule has 1 saturated heterocycles. The molecular weight excluding hydrogens is 493 g/mol. The Balaban J connectivity index is 1.21. The van der Waals surface area contributed by atoms with Crippen molar-refractivity contribution in [3.05, 3.63) is 46.0 Å². The normalized spacial score (nSPS) is 21.9. The van der Waals surface area contributed by atoms with Crippen molar-refractivity contribution in [1.82, 2.24) is 20.5 Å². The van der Waals surface area contributed by atoms with Crippen molar-refractivity contribution < 1.29 is 27.4 Å². The number of ether oxygens (including phenoxy) is 2. The van der Waals surface area contributed by atoms with Crippen molar-refractivity contribution in [3.8, 4) is 11.9 Å². The number of alkyl halides is 3. The fraction of sp³-hybridized carbons (Fsp3) is 0.542. The Morgan fingerprint density at radius 3 is 2.68 bits per heavy atom. The number of hydrogen-bond donors (Lipinski definition) is 2. The molecule has 1 atom stereocenters. The summed E-state index contributed by atoms with van der Waals surface area (Å²) in [4.78, 5) is 29.8. The maximum atomic E-state index is 13.5. The van der Waals surface area contributed by atoms with Gasteiger partial charge in [0.15, 0.2) is 0 Å². The summed E-state index contributed by atoms with van der Waals surface area (Å²) in [6.45, 7) is 0.170. The molecule has 1 aliphatic heterocycles. The highest BCUT2D eigenvalue weighted by Crippen LogP contribution is 2.36. The third kappa shape index (κ3) is 6.76. The first-order valence-electron chi connectivity index (χ1n) is 12.1. The standard InChI is InChI=1S/C24H27F3N6O4/c25-24(26,27)22-19(12-30-32-23(22)35)33-9-1-2-17(33)13-36-14-20(34)31-16-4-6-18(7-5-16)37-21-8-3-15(10-28)11-29-21/h3,8,11-12,16-18H,1-2,4-7,9,13-14H2,(H,31,34)(H,32,35)/t16?,17-,18?/m0/s1. The smallest absolute Gasteiger partial charge is 0.423 e. The zero-order chi connectivity index (χ0) is 26.4. The molecule has 2 aromatic heterocycles. The van der Waals surface area contributed by atoms with Gasteiger partial charge in [-0.05, 0) is 44.6 Å². The first kappa shape index (κ1) is 26.4. The van der Waals surface area contributed by atoms with Crippen molar-refractivity contribution >= 4 is 11.6 Å². The van der Waals surface area contributed by atoms with Crippen LogP contribution in [0.2, 0.25) is 0 Å². The van der Waals surface area contributed by atoms with Gasteiger partial charge in [0.2, 0.25) is 11.8 Å². The minimum absolute atomic E-state index is 0.0238. The number of carbonyl (C=O) groups excluding carboxylic acids is 1.